The van der Waals surface area contributed by atoms with Crippen molar-refractivity contribution in [2.45, 2.75) is 20.8 Å². The third kappa shape index (κ3) is 3.86. The number of nitrogens with one attached hydrogen (secondary N) is 1. The number of hydrogen-bond donors (Lipinski definition) is 1. The van der Waals surface area contributed by atoms with Crippen LogP contribution in [-0.4, -0.2) is 36.4 Å². The van der Waals surface area contributed by atoms with Gasteiger partial charge in [-0.15, -0.1) is 0 Å². The molecule has 0 bridgehead atoms. The SMILES string of the molecule is CCOc1ccc(C(=O)Nc2c(C(=O)N(CC)CC)oc3ccccc23)cc1. The number of rotatable bonds is 7. The number of furan rings is 1. The molecule has 0 aliphatic heterocycles. The summed E-state index contributed by atoms with van der Waals surface area (Å²) in [7, 11) is 0. The zero-order valence-corrected chi connectivity index (χ0v) is 16.3. The van der Waals surface area contributed by atoms with Crippen molar-refractivity contribution < 1.29 is 18.7 Å². The predicted octanol–water partition coefficient (Wildman–Crippen LogP) is 4.57. The number of para-hydroxylation sites is 1. The molecule has 0 unspecified atom stereocenters. The van der Waals surface area contributed by atoms with Gasteiger partial charge in [-0.3, -0.25) is 9.59 Å². The van der Waals surface area contributed by atoms with Crippen molar-refractivity contribution >= 4 is 28.5 Å². The molecule has 0 atom stereocenters. The number of anilines is 1. The highest BCUT2D eigenvalue weighted by Crippen LogP contribution is 2.32. The molecule has 28 heavy (non-hydrogen) atoms. The summed E-state index contributed by atoms with van der Waals surface area (Å²) < 4.78 is 11.2. The van der Waals surface area contributed by atoms with Gasteiger partial charge in [-0.2, -0.15) is 0 Å². The molecule has 146 valence electrons. The Kier molecular flexibility index (Phi) is 5.99. The number of carbonyl (C=O) groups is 2. The third-order valence-electron chi connectivity index (χ3n) is 4.51. The molecular weight excluding hydrogens is 356 g/mol. The second-order valence-electron chi connectivity index (χ2n) is 6.19. The molecule has 3 rings (SSSR count). The molecule has 2 amide bonds. The molecule has 1 heterocycles. The van der Waals surface area contributed by atoms with E-state index in [2.05, 4.69) is 5.32 Å². The van der Waals surface area contributed by atoms with Gasteiger partial charge < -0.3 is 19.4 Å². The fourth-order valence-electron chi connectivity index (χ4n) is 3.03. The molecule has 6 heteroatoms. The van der Waals surface area contributed by atoms with Crippen molar-refractivity contribution in [1.29, 1.82) is 0 Å². The molecule has 3 aromatic rings. The smallest absolute Gasteiger partial charge is 0.291 e. The van der Waals surface area contributed by atoms with E-state index in [1.54, 1.807) is 35.2 Å². The highest BCUT2D eigenvalue weighted by molar-refractivity contribution is 6.14. The Labute approximate surface area is 164 Å². The van der Waals surface area contributed by atoms with Gasteiger partial charge in [-0.1, -0.05) is 12.1 Å². The van der Waals surface area contributed by atoms with Crippen LogP contribution in [0.1, 0.15) is 41.7 Å². The average Bonchev–Trinajstić information content (AvgIpc) is 3.08. The lowest BCUT2D eigenvalue weighted by Crippen LogP contribution is -2.31. The van der Waals surface area contributed by atoms with Gasteiger partial charge in [-0.25, -0.2) is 0 Å². The van der Waals surface area contributed by atoms with Gasteiger partial charge in [0.15, 0.2) is 0 Å². The summed E-state index contributed by atoms with van der Waals surface area (Å²) in [6.07, 6.45) is 0. The first kappa shape index (κ1) is 19.5. The fourth-order valence-corrected chi connectivity index (χ4v) is 3.03. The highest BCUT2D eigenvalue weighted by Gasteiger charge is 2.25. The Hall–Kier alpha value is -3.28. The van der Waals surface area contributed by atoms with Crippen molar-refractivity contribution in [1.82, 2.24) is 4.90 Å². The van der Waals surface area contributed by atoms with E-state index < -0.39 is 0 Å². The lowest BCUT2D eigenvalue weighted by atomic mass is 10.1. The van der Waals surface area contributed by atoms with Gasteiger partial charge in [0.25, 0.3) is 11.8 Å². The molecule has 1 aromatic heterocycles. The van der Waals surface area contributed by atoms with E-state index in [1.807, 2.05) is 39.0 Å². The number of benzene rings is 2. The molecule has 0 aliphatic carbocycles. The molecule has 0 radical (unpaired) electrons. The summed E-state index contributed by atoms with van der Waals surface area (Å²) in [6.45, 7) is 7.38. The van der Waals surface area contributed by atoms with Crippen LogP contribution in [0.3, 0.4) is 0 Å². The van der Waals surface area contributed by atoms with Crippen LogP contribution in [0.4, 0.5) is 5.69 Å². The van der Waals surface area contributed by atoms with Crippen molar-refractivity contribution in [2.75, 3.05) is 25.0 Å². The van der Waals surface area contributed by atoms with E-state index in [0.717, 1.165) is 0 Å². The first-order chi connectivity index (χ1) is 13.6. The summed E-state index contributed by atoms with van der Waals surface area (Å²) in [5.41, 5.74) is 1.42. The largest absolute Gasteiger partial charge is 0.494 e. The normalized spacial score (nSPS) is 10.7. The van der Waals surface area contributed by atoms with Crippen LogP contribution in [0.15, 0.2) is 52.9 Å². The summed E-state index contributed by atoms with van der Waals surface area (Å²) in [6, 6.07) is 14.1. The van der Waals surface area contributed by atoms with Crippen LogP contribution >= 0.6 is 0 Å². The monoisotopic (exact) mass is 380 g/mol. The Morgan fingerprint density at radius 2 is 1.68 bits per heavy atom. The highest BCUT2D eigenvalue weighted by atomic mass is 16.5. The summed E-state index contributed by atoms with van der Waals surface area (Å²) in [5, 5.41) is 3.56. The molecule has 0 aliphatic rings. The Morgan fingerprint density at radius 1 is 1.00 bits per heavy atom. The van der Waals surface area contributed by atoms with E-state index >= 15 is 0 Å². The number of ether oxygens (including phenoxy) is 1. The van der Waals surface area contributed by atoms with E-state index in [9.17, 15) is 9.59 Å². The zero-order valence-electron chi connectivity index (χ0n) is 16.3. The fraction of sp³-hybridized carbons (Fsp3) is 0.273. The minimum absolute atomic E-state index is 0.143. The van der Waals surface area contributed by atoms with Crippen LogP contribution in [0, 0.1) is 0 Å². The maximum absolute atomic E-state index is 12.9. The van der Waals surface area contributed by atoms with Gasteiger partial charge in [0.1, 0.15) is 17.0 Å². The molecule has 6 nitrogen and oxygen atoms in total. The summed E-state index contributed by atoms with van der Waals surface area (Å²) in [5.74, 6) is 0.279. The van der Waals surface area contributed by atoms with Gasteiger partial charge in [0, 0.05) is 24.0 Å². The molecule has 0 saturated carbocycles. The topological polar surface area (TPSA) is 71.8 Å². The Bertz CT molecular complexity index is 972. The third-order valence-corrected chi connectivity index (χ3v) is 4.51. The lowest BCUT2D eigenvalue weighted by Gasteiger charge is -2.17. The van der Waals surface area contributed by atoms with Gasteiger partial charge in [0.05, 0.1) is 6.61 Å². The molecular formula is C22H24N2O4. The van der Waals surface area contributed by atoms with Gasteiger partial charge >= 0.3 is 0 Å². The van der Waals surface area contributed by atoms with Crippen LogP contribution in [-0.2, 0) is 0 Å². The minimum atomic E-state index is -0.316. The van der Waals surface area contributed by atoms with Crippen LogP contribution in [0.25, 0.3) is 11.0 Å². The van der Waals surface area contributed by atoms with Crippen molar-refractivity contribution in [3.05, 3.63) is 59.9 Å². The number of nitrogens with zero attached hydrogens (tertiary/aromatic N) is 1. The molecule has 1 N–H and O–H groups in total. The maximum atomic E-state index is 12.9. The molecule has 0 fully saturated rings. The van der Waals surface area contributed by atoms with E-state index in [4.69, 9.17) is 9.15 Å². The molecule has 0 spiro atoms. The van der Waals surface area contributed by atoms with Crippen LogP contribution < -0.4 is 10.1 Å². The minimum Gasteiger partial charge on any atom is -0.494 e. The van der Waals surface area contributed by atoms with Crippen molar-refractivity contribution in [3.63, 3.8) is 0 Å². The predicted molar refractivity (Wildman–Crippen MR) is 109 cm³/mol. The Balaban J connectivity index is 1.95. The quantitative estimate of drug-likeness (QED) is 0.652. The number of hydrogen-bond acceptors (Lipinski definition) is 4. The lowest BCUT2D eigenvalue weighted by molar-refractivity contribution is 0.0745. The molecule has 0 saturated heterocycles. The number of amides is 2. The maximum Gasteiger partial charge on any atom is 0.291 e. The summed E-state index contributed by atoms with van der Waals surface area (Å²) >= 11 is 0. The van der Waals surface area contributed by atoms with E-state index in [0.29, 0.717) is 47.7 Å². The van der Waals surface area contributed by atoms with Crippen LogP contribution in [0.5, 0.6) is 5.75 Å². The summed E-state index contributed by atoms with van der Waals surface area (Å²) in [4.78, 5) is 27.3. The number of carbonyl (C=O) groups excluding carboxylic acids is 2. The number of fused-ring (bicyclic) bond motifs is 1. The van der Waals surface area contributed by atoms with E-state index in [-0.39, 0.29) is 17.6 Å². The first-order valence-electron chi connectivity index (χ1n) is 9.44. The second-order valence-corrected chi connectivity index (χ2v) is 6.19. The standard InChI is InChI=1S/C22H24N2O4/c1-4-24(5-2)22(26)20-19(17-9-7-8-10-18(17)28-20)23-21(25)15-11-13-16(14-12-15)27-6-3/h7-14H,4-6H2,1-3H3,(H,23,25). The van der Waals surface area contributed by atoms with Crippen LogP contribution in [0.2, 0.25) is 0 Å². The molecule has 2 aromatic carbocycles. The van der Waals surface area contributed by atoms with Crippen molar-refractivity contribution in [3.8, 4) is 5.75 Å². The van der Waals surface area contributed by atoms with Gasteiger partial charge in [-0.05, 0) is 57.2 Å². The Morgan fingerprint density at radius 3 is 2.32 bits per heavy atom. The van der Waals surface area contributed by atoms with E-state index in [1.165, 1.54) is 0 Å². The second kappa shape index (κ2) is 8.61. The zero-order chi connectivity index (χ0) is 20.1. The first-order valence-corrected chi connectivity index (χ1v) is 9.44. The average molecular weight is 380 g/mol. The van der Waals surface area contributed by atoms with Crippen molar-refractivity contribution in [2.24, 2.45) is 0 Å². The van der Waals surface area contributed by atoms with Gasteiger partial charge in [0.2, 0.25) is 5.76 Å².